The fourth-order valence-corrected chi connectivity index (χ4v) is 4.52. The second-order valence-electron chi connectivity index (χ2n) is 8.06. The topological polar surface area (TPSA) is 80.8 Å². The van der Waals surface area contributed by atoms with Crippen molar-refractivity contribution >= 4 is 23.4 Å². The van der Waals surface area contributed by atoms with E-state index in [4.69, 9.17) is 21.1 Å². The number of benzene rings is 2. The van der Waals surface area contributed by atoms with Gasteiger partial charge in [-0.2, -0.15) is 0 Å². The molecule has 4 rings (SSSR count). The molecular weight excluding hydrogens is 454 g/mol. The number of pyridine rings is 1. The fraction of sp³-hybridized carbons (Fsp3) is 0.269. The van der Waals surface area contributed by atoms with Gasteiger partial charge in [0.05, 0.1) is 24.8 Å². The van der Waals surface area contributed by atoms with Gasteiger partial charge in [-0.1, -0.05) is 23.7 Å². The van der Waals surface area contributed by atoms with Crippen molar-refractivity contribution in [1.29, 1.82) is 0 Å². The predicted octanol–water partition coefficient (Wildman–Crippen LogP) is 4.18. The molecule has 1 aliphatic rings. The van der Waals surface area contributed by atoms with Crippen LogP contribution in [-0.4, -0.2) is 55.0 Å². The van der Waals surface area contributed by atoms with Gasteiger partial charge in [0.15, 0.2) is 11.5 Å². The molecule has 2 atom stereocenters. The third-order valence-electron chi connectivity index (χ3n) is 6.10. The van der Waals surface area contributed by atoms with Crippen molar-refractivity contribution in [3.8, 4) is 11.5 Å². The Morgan fingerprint density at radius 2 is 1.76 bits per heavy atom. The number of halogens is 1. The van der Waals surface area contributed by atoms with E-state index < -0.39 is 0 Å². The number of carbonyl (C=O) groups excluding carboxylic acids is 2. The van der Waals surface area contributed by atoms with Crippen LogP contribution in [0.3, 0.4) is 0 Å². The molecule has 34 heavy (non-hydrogen) atoms. The molecule has 1 aliphatic heterocycles. The van der Waals surface area contributed by atoms with E-state index in [2.05, 4.69) is 10.3 Å². The number of hydrogen-bond acceptors (Lipinski definition) is 5. The van der Waals surface area contributed by atoms with Gasteiger partial charge in [-0.3, -0.25) is 14.6 Å². The third kappa shape index (κ3) is 4.99. The standard InChI is InChI=1S/C26H26ClN3O4/c1-33-23-8-7-18(15-24(23)34-2)26(32)30-14-11-22(20(16-30)17-9-12-28-13-10-17)29-25(31)19-5-3-4-6-21(19)27/h3-10,12-13,15,20,22H,11,14,16H2,1-2H3,(H,29,31). The summed E-state index contributed by atoms with van der Waals surface area (Å²) in [6.45, 7) is 0.951. The molecule has 2 heterocycles. The fourth-order valence-electron chi connectivity index (χ4n) is 4.30. The average Bonchev–Trinajstić information content (AvgIpc) is 2.88. The van der Waals surface area contributed by atoms with Gasteiger partial charge in [-0.05, 0) is 54.4 Å². The van der Waals surface area contributed by atoms with E-state index in [1.54, 1.807) is 69.1 Å². The number of nitrogens with zero attached hydrogens (tertiary/aromatic N) is 2. The Bertz CT molecular complexity index is 1170. The number of ether oxygens (including phenoxy) is 2. The van der Waals surface area contributed by atoms with Crippen molar-refractivity contribution in [1.82, 2.24) is 15.2 Å². The summed E-state index contributed by atoms with van der Waals surface area (Å²) in [4.78, 5) is 32.2. The molecule has 1 fully saturated rings. The van der Waals surface area contributed by atoms with Crippen LogP contribution in [0.1, 0.15) is 38.6 Å². The number of likely N-dealkylation sites (tertiary alicyclic amines) is 1. The number of piperidine rings is 1. The van der Waals surface area contributed by atoms with Crippen LogP contribution in [0.2, 0.25) is 5.02 Å². The van der Waals surface area contributed by atoms with Crippen molar-refractivity contribution in [2.45, 2.75) is 18.4 Å². The van der Waals surface area contributed by atoms with Crippen LogP contribution in [0, 0.1) is 0 Å². The second-order valence-corrected chi connectivity index (χ2v) is 8.46. The van der Waals surface area contributed by atoms with Crippen LogP contribution in [-0.2, 0) is 0 Å². The lowest BCUT2D eigenvalue weighted by atomic mass is 9.86. The highest BCUT2D eigenvalue weighted by atomic mass is 35.5. The SMILES string of the molecule is COc1ccc(C(=O)N2CCC(NC(=O)c3ccccc3Cl)C(c3ccncc3)C2)cc1OC. The Morgan fingerprint density at radius 3 is 2.47 bits per heavy atom. The lowest BCUT2D eigenvalue weighted by Crippen LogP contribution is -2.51. The molecule has 0 saturated carbocycles. The Kier molecular flexibility index (Phi) is 7.33. The van der Waals surface area contributed by atoms with E-state index in [0.717, 1.165) is 5.56 Å². The highest BCUT2D eigenvalue weighted by molar-refractivity contribution is 6.33. The van der Waals surface area contributed by atoms with Crippen LogP contribution in [0.15, 0.2) is 67.0 Å². The summed E-state index contributed by atoms with van der Waals surface area (Å²) >= 11 is 6.23. The number of carbonyl (C=O) groups is 2. The molecule has 2 aromatic carbocycles. The third-order valence-corrected chi connectivity index (χ3v) is 6.43. The minimum Gasteiger partial charge on any atom is -0.493 e. The summed E-state index contributed by atoms with van der Waals surface area (Å²) in [6, 6.07) is 15.8. The minimum atomic E-state index is -0.227. The van der Waals surface area contributed by atoms with E-state index in [0.29, 0.717) is 47.2 Å². The second kappa shape index (κ2) is 10.6. The van der Waals surface area contributed by atoms with Crippen LogP contribution < -0.4 is 14.8 Å². The van der Waals surface area contributed by atoms with Crippen molar-refractivity contribution < 1.29 is 19.1 Å². The smallest absolute Gasteiger partial charge is 0.254 e. The van der Waals surface area contributed by atoms with Gasteiger partial charge in [0, 0.05) is 43.0 Å². The van der Waals surface area contributed by atoms with Gasteiger partial charge in [-0.25, -0.2) is 0 Å². The summed E-state index contributed by atoms with van der Waals surface area (Å²) < 4.78 is 10.6. The molecule has 8 heteroatoms. The first-order valence-corrected chi connectivity index (χ1v) is 11.4. The molecule has 3 aromatic rings. The Labute approximate surface area is 203 Å². The van der Waals surface area contributed by atoms with E-state index in [-0.39, 0.29) is 23.8 Å². The van der Waals surface area contributed by atoms with Gasteiger partial charge in [-0.15, -0.1) is 0 Å². The van der Waals surface area contributed by atoms with Crippen LogP contribution in [0.4, 0.5) is 0 Å². The van der Waals surface area contributed by atoms with Crippen molar-refractivity contribution in [3.05, 3.63) is 88.7 Å². The quantitative estimate of drug-likeness (QED) is 0.573. The maximum absolute atomic E-state index is 13.4. The van der Waals surface area contributed by atoms with E-state index in [1.165, 1.54) is 0 Å². The summed E-state index contributed by atoms with van der Waals surface area (Å²) in [5.74, 6) is 0.633. The number of nitrogens with one attached hydrogen (secondary N) is 1. The highest BCUT2D eigenvalue weighted by Crippen LogP contribution is 2.31. The number of rotatable bonds is 6. The Balaban J connectivity index is 1.56. The highest BCUT2D eigenvalue weighted by Gasteiger charge is 2.34. The van der Waals surface area contributed by atoms with Gasteiger partial charge >= 0.3 is 0 Å². The normalized spacial score (nSPS) is 17.7. The molecule has 1 N–H and O–H groups in total. The summed E-state index contributed by atoms with van der Waals surface area (Å²) in [5.41, 5.74) is 1.95. The summed E-state index contributed by atoms with van der Waals surface area (Å²) in [7, 11) is 3.10. The molecule has 1 saturated heterocycles. The molecular formula is C26H26ClN3O4. The number of hydrogen-bond donors (Lipinski definition) is 1. The molecule has 2 unspecified atom stereocenters. The Hall–Kier alpha value is -3.58. The monoisotopic (exact) mass is 479 g/mol. The zero-order valence-electron chi connectivity index (χ0n) is 19.0. The maximum Gasteiger partial charge on any atom is 0.254 e. The van der Waals surface area contributed by atoms with Gasteiger partial charge in [0.2, 0.25) is 0 Å². The minimum absolute atomic E-state index is 0.101. The Morgan fingerprint density at radius 1 is 1.03 bits per heavy atom. The van der Waals surface area contributed by atoms with Crippen LogP contribution in [0.25, 0.3) is 0 Å². The predicted molar refractivity (Wildman–Crippen MR) is 130 cm³/mol. The average molecular weight is 480 g/mol. The molecule has 2 amide bonds. The molecule has 1 aromatic heterocycles. The molecule has 0 aliphatic carbocycles. The zero-order chi connectivity index (χ0) is 24.1. The first-order valence-electron chi connectivity index (χ1n) is 11.0. The van der Waals surface area contributed by atoms with Crippen molar-refractivity contribution in [2.75, 3.05) is 27.3 Å². The summed E-state index contributed by atoms with van der Waals surface area (Å²) in [5, 5.41) is 3.54. The molecule has 0 radical (unpaired) electrons. The largest absolute Gasteiger partial charge is 0.493 e. The summed E-state index contributed by atoms with van der Waals surface area (Å²) in [6.07, 6.45) is 4.04. The first kappa shape index (κ1) is 23.6. The van der Waals surface area contributed by atoms with E-state index >= 15 is 0 Å². The van der Waals surface area contributed by atoms with Gasteiger partial charge < -0.3 is 19.7 Å². The molecule has 176 valence electrons. The molecule has 0 bridgehead atoms. The number of methoxy groups -OCH3 is 2. The van der Waals surface area contributed by atoms with Gasteiger partial charge in [0.25, 0.3) is 11.8 Å². The molecule has 7 nitrogen and oxygen atoms in total. The maximum atomic E-state index is 13.4. The lowest BCUT2D eigenvalue weighted by molar-refractivity contribution is 0.0671. The lowest BCUT2D eigenvalue weighted by Gasteiger charge is -2.39. The zero-order valence-corrected chi connectivity index (χ0v) is 19.8. The van der Waals surface area contributed by atoms with Crippen molar-refractivity contribution in [2.24, 2.45) is 0 Å². The van der Waals surface area contributed by atoms with Crippen LogP contribution in [0.5, 0.6) is 11.5 Å². The van der Waals surface area contributed by atoms with Crippen LogP contribution >= 0.6 is 11.6 Å². The number of aromatic nitrogens is 1. The van der Waals surface area contributed by atoms with E-state index in [1.807, 2.05) is 17.0 Å². The number of amides is 2. The van der Waals surface area contributed by atoms with E-state index in [9.17, 15) is 9.59 Å². The van der Waals surface area contributed by atoms with Gasteiger partial charge in [0.1, 0.15) is 0 Å². The van der Waals surface area contributed by atoms with Crippen molar-refractivity contribution in [3.63, 3.8) is 0 Å². The molecule has 0 spiro atoms. The first-order chi connectivity index (χ1) is 16.5.